The fraction of sp³-hybridized carbons (Fsp3) is 0.667. The molecule has 3 nitrogen and oxygen atoms in total. The van der Waals surface area contributed by atoms with Gasteiger partial charge in [-0.25, -0.2) is 4.98 Å². The molecule has 0 amide bonds. The minimum absolute atomic E-state index is 0.227. The van der Waals surface area contributed by atoms with E-state index in [9.17, 15) is 5.11 Å². The fourth-order valence-electron chi connectivity index (χ4n) is 1.63. The lowest BCUT2D eigenvalue weighted by Gasteiger charge is -2.33. The van der Waals surface area contributed by atoms with Gasteiger partial charge in [-0.3, -0.25) is 4.90 Å². The van der Waals surface area contributed by atoms with Crippen molar-refractivity contribution >= 4 is 34.7 Å². The number of aromatic nitrogens is 1. The standard InChI is InChI=1S/C9H13ClN2OS2/c10-9-11-7(5-15-9)3-12-1-2-14-6-8(12)4-13/h5,8,13H,1-4,6H2. The Morgan fingerprint density at radius 1 is 1.67 bits per heavy atom. The minimum Gasteiger partial charge on any atom is -0.395 e. The predicted molar refractivity (Wildman–Crippen MR) is 65.7 cm³/mol. The lowest BCUT2D eigenvalue weighted by molar-refractivity contribution is 0.132. The molecule has 0 aliphatic carbocycles. The SMILES string of the molecule is OCC1CSCCN1Cc1csc(Cl)n1. The van der Waals surface area contributed by atoms with Gasteiger partial charge in [0.25, 0.3) is 0 Å². The lowest BCUT2D eigenvalue weighted by Crippen LogP contribution is -2.43. The van der Waals surface area contributed by atoms with Gasteiger partial charge < -0.3 is 5.11 Å². The van der Waals surface area contributed by atoms with Crippen LogP contribution in [0.2, 0.25) is 4.47 Å². The van der Waals surface area contributed by atoms with E-state index in [1.165, 1.54) is 11.3 Å². The van der Waals surface area contributed by atoms with E-state index < -0.39 is 0 Å². The van der Waals surface area contributed by atoms with Gasteiger partial charge in [-0.05, 0) is 0 Å². The molecule has 1 unspecified atom stereocenters. The molecule has 1 aliphatic heterocycles. The van der Waals surface area contributed by atoms with Crippen molar-refractivity contribution in [3.63, 3.8) is 0 Å². The van der Waals surface area contributed by atoms with Crippen molar-refractivity contribution in [2.75, 3.05) is 24.7 Å². The number of hydrogen-bond donors (Lipinski definition) is 1. The molecule has 2 rings (SSSR count). The van der Waals surface area contributed by atoms with E-state index in [0.29, 0.717) is 4.47 Å². The first kappa shape index (κ1) is 11.7. The van der Waals surface area contributed by atoms with Crippen LogP contribution in [0.3, 0.4) is 0 Å². The van der Waals surface area contributed by atoms with E-state index in [1.54, 1.807) is 0 Å². The maximum Gasteiger partial charge on any atom is 0.183 e. The van der Waals surface area contributed by atoms with Crippen LogP contribution in [0, 0.1) is 0 Å². The molecule has 1 aromatic heterocycles. The first-order valence-corrected chi connectivity index (χ1v) is 7.23. The van der Waals surface area contributed by atoms with Crippen LogP contribution in [-0.4, -0.2) is 45.7 Å². The molecule has 1 atom stereocenters. The number of thioether (sulfide) groups is 1. The third-order valence-corrected chi connectivity index (χ3v) is 4.57. The number of rotatable bonds is 3. The average Bonchev–Trinajstić information content (AvgIpc) is 2.65. The third kappa shape index (κ3) is 3.07. The summed E-state index contributed by atoms with van der Waals surface area (Å²) in [6, 6.07) is 0.268. The number of thiazole rings is 1. The second kappa shape index (κ2) is 5.50. The summed E-state index contributed by atoms with van der Waals surface area (Å²) in [5.41, 5.74) is 1.01. The molecule has 0 bridgehead atoms. The molecule has 2 heterocycles. The maximum absolute atomic E-state index is 9.25. The van der Waals surface area contributed by atoms with Crippen molar-refractivity contribution in [2.24, 2.45) is 0 Å². The predicted octanol–water partition coefficient (Wildman–Crippen LogP) is 1.71. The van der Waals surface area contributed by atoms with Crippen molar-refractivity contribution in [3.05, 3.63) is 15.5 Å². The number of halogens is 1. The van der Waals surface area contributed by atoms with Crippen LogP contribution in [0.1, 0.15) is 5.69 Å². The number of hydrogen-bond acceptors (Lipinski definition) is 5. The Hall–Kier alpha value is 0.190. The van der Waals surface area contributed by atoms with Crippen molar-refractivity contribution in [2.45, 2.75) is 12.6 Å². The topological polar surface area (TPSA) is 36.4 Å². The van der Waals surface area contributed by atoms with Gasteiger partial charge >= 0.3 is 0 Å². The Kier molecular flexibility index (Phi) is 4.28. The van der Waals surface area contributed by atoms with Crippen LogP contribution in [0.4, 0.5) is 0 Å². The van der Waals surface area contributed by atoms with E-state index in [1.807, 2.05) is 17.1 Å². The summed E-state index contributed by atoms with van der Waals surface area (Å²) < 4.78 is 0.594. The first-order chi connectivity index (χ1) is 7.29. The molecule has 0 aromatic carbocycles. The molecule has 1 fully saturated rings. The fourth-order valence-corrected chi connectivity index (χ4v) is 3.52. The number of aliphatic hydroxyl groups excluding tert-OH is 1. The molecular formula is C9H13ClN2OS2. The second-order valence-electron chi connectivity index (χ2n) is 3.47. The molecule has 1 aliphatic rings. The molecule has 6 heteroatoms. The van der Waals surface area contributed by atoms with Gasteiger partial charge in [0.05, 0.1) is 12.3 Å². The summed E-state index contributed by atoms with van der Waals surface area (Å²) in [6.45, 7) is 2.05. The molecule has 0 saturated carbocycles. The quantitative estimate of drug-likeness (QED) is 0.902. The zero-order chi connectivity index (χ0) is 10.7. The highest BCUT2D eigenvalue weighted by atomic mass is 35.5. The van der Waals surface area contributed by atoms with Gasteiger partial charge in [-0.2, -0.15) is 11.8 Å². The van der Waals surface area contributed by atoms with Gasteiger partial charge in [0, 0.05) is 36.0 Å². The molecule has 1 aromatic rings. The summed E-state index contributed by atoms with van der Waals surface area (Å²) in [5.74, 6) is 2.14. The van der Waals surface area contributed by atoms with Gasteiger partial charge in [0.15, 0.2) is 4.47 Å². The Bertz CT molecular complexity index is 321. The highest BCUT2D eigenvalue weighted by molar-refractivity contribution is 7.99. The van der Waals surface area contributed by atoms with Crippen LogP contribution in [-0.2, 0) is 6.54 Å². The van der Waals surface area contributed by atoms with Crippen molar-refractivity contribution in [3.8, 4) is 0 Å². The lowest BCUT2D eigenvalue weighted by atomic mass is 10.2. The zero-order valence-electron chi connectivity index (χ0n) is 8.23. The molecule has 0 radical (unpaired) electrons. The van der Waals surface area contributed by atoms with E-state index in [-0.39, 0.29) is 12.6 Å². The number of nitrogens with zero attached hydrogens (tertiary/aromatic N) is 2. The van der Waals surface area contributed by atoms with Crippen molar-refractivity contribution in [1.82, 2.24) is 9.88 Å². The summed E-state index contributed by atoms with van der Waals surface area (Å²) in [6.07, 6.45) is 0. The van der Waals surface area contributed by atoms with Crippen LogP contribution < -0.4 is 0 Å². The van der Waals surface area contributed by atoms with Crippen LogP contribution in [0.15, 0.2) is 5.38 Å². The van der Waals surface area contributed by atoms with Crippen LogP contribution in [0.25, 0.3) is 0 Å². The minimum atomic E-state index is 0.227. The second-order valence-corrected chi connectivity index (χ2v) is 6.06. The van der Waals surface area contributed by atoms with Crippen molar-refractivity contribution < 1.29 is 5.11 Å². The van der Waals surface area contributed by atoms with E-state index in [4.69, 9.17) is 11.6 Å². The summed E-state index contributed by atoms with van der Waals surface area (Å²) in [5, 5.41) is 11.2. The highest BCUT2D eigenvalue weighted by Crippen LogP contribution is 2.21. The smallest absolute Gasteiger partial charge is 0.183 e. The Morgan fingerprint density at radius 2 is 2.53 bits per heavy atom. The molecule has 1 saturated heterocycles. The molecule has 84 valence electrons. The zero-order valence-corrected chi connectivity index (χ0v) is 10.6. The van der Waals surface area contributed by atoms with Crippen molar-refractivity contribution in [1.29, 1.82) is 0 Å². The Balaban J connectivity index is 1.97. The highest BCUT2D eigenvalue weighted by Gasteiger charge is 2.22. The van der Waals surface area contributed by atoms with E-state index in [0.717, 1.165) is 30.3 Å². The first-order valence-electron chi connectivity index (χ1n) is 4.82. The molecular weight excluding hydrogens is 252 g/mol. The van der Waals surface area contributed by atoms with E-state index >= 15 is 0 Å². The van der Waals surface area contributed by atoms with Crippen LogP contribution >= 0.6 is 34.7 Å². The Labute approximate surface area is 102 Å². The monoisotopic (exact) mass is 264 g/mol. The van der Waals surface area contributed by atoms with Crippen LogP contribution in [0.5, 0.6) is 0 Å². The van der Waals surface area contributed by atoms with Gasteiger partial charge in [0.2, 0.25) is 0 Å². The maximum atomic E-state index is 9.25. The molecule has 1 N–H and O–H groups in total. The van der Waals surface area contributed by atoms with Gasteiger partial charge in [0.1, 0.15) is 0 Å². The molecule has 0 spiro atoms. The van der Waals surface area contributed by atoms with E-state index in [2.05, 4.69) is 9.88 Å². The summed E-state index contributed by atoms with van der Waals surface area (Å²) >= 11 is 9.15. The summed E-state index contributed by atoms with van der Waals surface area (Å²) in [7, 11) is 0. The summed E-state index contributed by atoms with van der Waals surface area (Å²) in [4.78, 5) is 6.51. The van der Waals surface area contributed by atoms with Gasteiger partial charge in [-0.15, -0.1) is 11.3 Å². The third-order valence-electron chi connectivity index (χ3n) is 2.45. The Morgan fingerprint density at radius 3 is 3.20 bits per heavy atom. The largest absolute Gasteiger partial charge is 0.395 e. The van der Waals surface area contributed by atoms with Gasteiger partial charge in [-0.1, -0.05) is 11.6 Å². The average molecular weight is 265 g/mol. The normalized spacial score (nSPS) is 23.2. The molecule has 15 heavy (non-hydrogen) atoms. The number of aliphatic hydroxyl groups is 1.